The standard InChI is InChI=1S/C14H18FN3O/c15-12-3-1-2-10-8-18(11-4-6-16-7-5-11)13(9-19)17-14(10)12/h1-3,9,11,13,16-17H,4-8H2. The molecule has 0 bridgehead atoms. The average molecular weight is 263 g/mol. The number of hydrogen-bond acceptors (Lipinski definition) is 4. The first-order valence-electron chi connectivity index (χ1n) is 6.75. The van der Waals surface area contributed by atoms with Crippen molar-refractivity contribution in [3.05, 3.63) is 29.6 Å². The number of anilines is 1. The van der Waals surface area contributed by atoms with Crippen molar-refractivity contribution in [2.45, 2.75) is 31.6 Å². The molecule has 2 N–H and O–H groups in total. The summed E-state index contributed by atoms with van der Waals surface area (Å²) in [6.07, 6.45) is 2.50. The molecule has 5 heteroatoms. The van der Waals surface area contributed by atoms with E-state index in [-0.39, 0.29) is 5.82 Å². The topological polar surface area (TPSA) is 44.4 Å². The molecule has 2 aliphatic heterocycles. The van der Waals surface area contributed by atoms with Gasteiger partial charge in [-0.15, -0.1) is 0 Å². The van der Waals surface area contributed by atoms with Gasteiger partial charge in [0.25, 0.3) is 0 Å². The Labute approximate surface area is 112 Å². The van der Waals surface area contributed by atoms with Crippen LogP contribution in [0.25, 0.3) is 0 Å². The molecule has 1 saturated heterocycles. The lowest BCUT2D eigenvalue weighted by atomic mass is 10.0. The van der Waals surface area contributed by atoms with E-state index in [2.05, 4.69) is 15.5 Å². The van der Waals surface area contributed by atoms with Gasteiger partial charge in [0.15, 0.2) is 6.29 Å². The molecule has 1 aromatic rings. The third-order valence-electron chi connectivity index (χ3n) is 4.01. The second-order valence-corrected chi connectivity index (χ2v) is 5.15. The van der Waals surface area contributed by atoms with Gasteiger partial charge in [0.1, 0.15) is 12.0 Å². The van der Waals surface area contributed by atoms with Crippen molar-refractivity contribution in [1.82, 2.24) is 10.2 Å². The Morgan fingerprint density at radius 3 is 2.84 bits per heavy atom. The number of nitrogens with one attached hydrogen (secondary N) is 2. The molecule has 0 saturated carbocycles. The van der Waals surface area contributed by atoms with E-state index in [4.69, 9.17) is 0 Å². The van der Waals surface area contributed by atoms with Gasteiger partial charge in [-0.1, -0.05) is 12.1 Å². The van der Waals surface area contributed by atoms with Crippen molar-refractivity contribution in [3.8, 4) is 0 Å². The monoisotopic (exact) mass is 263 g/mol. The summed E-state index contributed by atoms with van der Waals surface area (Å²) in [6, 6.07) is 5.44. The molecule has 102 valence electrons. The van der Waals surface area contributed by atoms with Crippen LogP contribution in [0, 0.1) is 5.82 Å². The highest BCUT2D eigenvalue weighted by Gasteiger charge is 2.32. The predicted octanol–water partition coefficient (Wildman–Crippen LogP) is 1.33. The Bertz CT molecular complexity index is 474. The van der Waals surface area contributed by atoms with Gasteiger partial charge in [0, 0.05) is 12.6 Å². The van der Waals surface area contributed by atoms with Crippen molar-refractivity contribution in [1.29, 1.82) is 0 Å². The number of rotatable bonds is 2. The van der Waals surface area contributed by atoms with Crippen LogP contribution >= 0.6 is 0 Å². The number of hydrogen-bond donors (Lipinski definition) is 2. The maximum Gasteiger partial charge on any atom is 0.157 e. The first-order valence-corrected chi connectivity index (χ1v) is 6.75. The lowest BCUT2D eigenvalue weighted by Gasteiger charge is -2.42. The van der Waals surface area contributed by atoms with Crippen molar-refractivity contribution in [2.75, 3.05) is 18.4 Å². The summed E-state index contributed by atoms with van der Waals surface area (Å²) < 4.78 is 13.7. The molecule has 19 heavy (non-hydrogen) atoms. The molecular weight excluding hydrogens is 245 g/mol. The molecular formula is C14H18FN3O. The number of carbonyl (C=O) groups excluding carboxylic acids is 1. The fraction of sp³-hybridized carbons (Fsp3) is 0.500. The molecule has 2 heterocycles. The van der Waals surface area contributed by atoms with Gasteiger partial charge in [-0.3, -0.25) is 9.69 Å². The largest absolute Gasteiger partial charge is 0.361 e. The fourth-order valence-corrected chi connectivity index (χ4v) is 2.99. The lowest BCUT2D eigenvalue weighted by molar-refractivity contribution is -0.113. The summed E-state index contributed by atoms with van der Waals surface area (Å²) in [4.78, 5) is 13.4. The van der Waals surface area contributed by atoms with Gasteiger partial charge in [0.2, 0.25) is 0 Å². The van der Waals surface area contributed by atoms with Crippen molar-refractivity contribution in [3.63, 3.8) is 0 Å². The molecule has 1 fully saturated rings. The normalized spacial score (nSPS) is 24.6. The van der Waals surface area contributed by atoms with Crippen LogP contribution < -0.4 is 10.6 Å². The minimum absolute atomic E-state index is 0.283. The summed E-state index contributed by atoms with van der Waals surface area (Å²) in [5, 5.41) is 6.34. The quantitative estimate of drug-likeness (QED) is 0.790. The SMILES string of the molecule is O=CC1Nc2c(F)cccc2CN1C1CCNCC1. The Balaban J connectivity index is 1.87. The molecule has 0 aliphatic carbocycles. The summed E-state index contributed by atoms with van der Waals surface area (Å²) in [5.41, 5.74) is 1.40. The first-order chi connectivity index (χ1) is 9.29. The number of aldehydes is 1. The van der Waals surface area contributed by atoms with Gasteiger partial charge < -0.3 is 10.6 Å². The fourth-order valence-electron chi connectivity index (χ4n) is 2.99. The Morgan fingerprint density at radius 2 is 2.11 bits per heavy atom. The zero-order chi connectivity index (χ0) is 13.2. The van der Waals surface area contributed by atoms with Gasteiger partial charge in [-0.05, 0) is 37.6 Å². The van der Waals surface area contributed by atoms with Crippen molar-refractivity contribution in [2.24, 2.45) is 0 Å². The van der Waals surface area contributed by atoms with E-state index in [0.29, 0.717) is 18.3 Å². The number of para-hydroxylation sites is 1. The third kappa shape index (κ3) is 2.35. The molecule has 0 spiro atoms. The summed E-state index contributed by atoms with van der Waals surface area (Å²) in [5.74, 6) is -0.283. The van der Waals surface area contributed by atoms with Crippen LogP contribution in [0.3, 0.4) is 0 Å². The lowest BCUT2D eigenvalue weighted by Crippen LogP contribution is -2.53. The molecule has 4 nitrogen and oxygen atoms in total. The molecule has 2 aliphatic rings. The van der Waals surface area contributed by atoms with Crippen LogP contribution in [0.5, 0.6) is 0 Å². The average Bonchev–Trinajstić information content (AvgIpc) is 2.47. The predicted molar refractivity (Wildman–Crippen MR) is 71.3 cm³/mol. The van der Waals surface area contributed by atoms with Crippen LogP contribution in [-0.2, 0) is 11.3 Å². The highest BCUT2D eigenvalue weighted by atomic mass is 19.1. The Morgan fingerprint density at radius 1 is 1.32 bits per heavy atom. The molecule has 0 aromatic heterocycles. The minimum atomic E-state index is -0.424. The molecule has 0 radical (unpaired) electrons. The van der Waals surface area contributed by atoms with E-state index >= 15 is 0 Å². The van der Waals surface area contributed by atoms with E-state index in [0.717, 1.165) is 37.8 Å². The van der Waals surface area contributed by atoms with Gasteiger partial charge in [-0.2, -0.15) is 0 Å². The van der Waals surface area contributed by atoms with Crippen molar-refractivity contribution < 1.29 is 9.18 Å². The second kappa shape index (κ2) is 5.27. The van der Waals surface area contributed by atoms with Crippen LogP contribution in [-0.4, -0.2) is 36.5 Å². The maximum atomic E-state index is 13.7. The van der Waals surface area contributed by atoms with E-state index < -0.39 is 6.17 Å². The summed E-state index contributed by atoms with van der Waals surface area (Å²) >= 11 is 0. The number of piperidine rings is 1. The summed E-state index contributed by atoms with van der Waals surface area (Å²) in [6.45, 7) is 2.58. The zero-order valence-corrected chi connectivity index (χ0v) is 10.7. The Hall–Kier alpha value is -1.46. The molecule has 1 unspecified atom stereocenters. The highest BCUT2D eigenvalue weighted by molar-refractivity contribution is 5.67. The third-order valence-corrected chi connectivity index (χ3v) is 4.01. The van der Waals surface area contributed by atoms with E-state index in [1.165, 1.54) is 6.07 Å². The number of carbonyl (C=O) groups is 1. The molecule has 0 amide bonds. The van der Waals surface area contributed by atoms with Crippen LogP contribution in [0.1, 0.15) is 18.4 Å². The second-order valence-electron chi connectivity index (χ2n) is 5.15. The van der Waals surface area contributed by atoms with Crippen LogP contribution in [0.4, 0.5) is 10.1 Å². The number of nitrogens with zero attached hydrogens (tertiary/aromatic N) is 1. The molecule has 1 atom stereocenters. The van der Waals surface area contributed by atoms with Crippen LogP contribution in [0.15, 0.2) is 18.2 Å². The number of fused-ring (bicyclic) bond motifs is 1. The van der Waals surface area contributed by atoms with E-state index in [1.54, 1.807) is 6.07 Å². The zero-order valence-electron chi connectivity index (χ0n) is 10.7. The number of halogens is 1. The van der Waals surface area contributed by atoms with Gasteiger partial charge >= 0.3 is 0 Å². The summed E-state index contributed by atoms with van der Waals surface area (Å²) in [7, 11) is 0. The first kappa shape index (κ1) is 12.6. The highest BCUT2D eigenvalue weighted by Crippen LogP contribution is 2.30. The molecule has 3 rings (SSSR count). The minimum Gasteiger partial charge on any atom is -0.361 e. The van der Waals surface area contributed by atoms with E-state index in [9.17, 15) is 9.18 Å². The van der Waals surface area contributed by atoms with Crippen molar-refractivity contribution >= 4 is 12.0 Å². The number of benzene rings is 1. The Kier molecular flexibility index (Phi) is 3.48. The molecule has 1 aromatic carbocycles. The van der Waals surface area contributed by atoms with E-state index in [1.807, 2.05) is 6.07 Å². The van der Waals surface area contributed by atoms with Crippen LogP contribution in [0.2, 0.25) is 0 Å². The smallest absolute Gasteiger partial charge is 0.157 e. The van der Waals surface area contributed by atoms with Gasteiger partial charge in [0.05, 0.1) is 5.69 Å². The maximum absolute atomic E-state index is 13.7. The van der Waals surface area contributed by atoms with Gasteiger partial charge in [-0.25, -0.2) is 4.39 Å².